The van der Waals surface area contributed by atoms with E-state index in [1.807, 2.05) is 0 Å². The number of rotatable bonds is 2. The van der Waals surface area contributed by atoms with Crippen LogP contribution in [0, 0.1) is 12.7 Å². The lowest BCUT2D eigenvalue weighted by Gasteiger charge is -2.13. The van der Waals surface area contributed by atoms with E-state index in [0.717, 1.165) is 12.3 Å². The highest BCUT2D eigenvalue weighted by Gasteiger charge is 2.36. The Hall–Kier alpha value is -1.96. The second-order valence-electron chi connectivity index (χ2n) is 4.80. The van der Waals surface area contributed by atoms with Gasteiger partial charge in [-0.2, -0.15) is 13.2 Å². The van der Waals surface area contributed by atoms with E-state index >= 15 is 0 Å². The fraction of sp³-hybridized carbons (Fsp3) is 0.214. The SMILES string of the molecule is Cc1cc(-c2cc(F)cnc2C(F)(F)F)ccc1S(C)(=O)=O. The minimum absolute atomic E-state index is 0.00849. The van der Waals surface area contributed by atoms with E-state index in [2.05, 4.69) is 4.98 Å². The average Bonchev–Trinajstić information content (AvgIpc) is 2.35. The lowest BCUT2D eigenvalue weighted by molar-refractivity contribution is -0.140. The van der Waals surface area contributed by atoms with Crippen molar-refractivity contribution in [2.45, 2.75) is 18.0 Å². The first-order valence-electron chi connectivity index (χ1n) is 6.04. The van der Waals surface area contributed by atoms with Gasteiger partial charge in [-0.3, -0.25) is 0 Å². The molecule has 0 fully saturated rings. The Balaban J connectivity index is 2.68. The van der Waals surface area contributed by atoms with Crippen molar-refractivity contribution in [2.24, 2.45) is 0 Å². The third-order valence-electron chi connectivity index (χ3n) is 3.01. The zero-order valence-corrected chi connectivity index (χ0v) is 12.4. The molecule has 0 saturated heterocycles. The van der Waals surface area contributed by atoms with Crippen molar-refractivity contribution in [2.75, 3.05) is 6.26 Å². The molecule has 3 nitrogen and oxygen atoms in total. The first-order valence-corrected chi connectivity index (χ1v) is 7.93. The van der Waals surface area contributed by atoms with Crippen molar-refractivity contribution in [3.05, 3.63) is 47.5 Å². The van der Waals surface area contributed by atoms with Crippen LogP contribution in [0.3, 0.4) is 0 Å². The smallest absolute Gasteiger partial charge is 0.248 e. The molecule has 0 saturated carbocycles. The predicted molar refractivity (Wildman–Crippen MR) is 72.5 cm³/mol. The molecule has 0 bridgehead atoms. The van der Waals surface area contributed by atoms with Crippen molar-refractivity contribution in [3.8, 4) is 11.1 Å². The Labute approximate surface area is 124 Å². The van der Waals surface area contributed by atoms with Gasteiger partial charge in [0, 0.05) is 11.8 Å². The van der Waals surface area contributed by atoms with E-state index < -0.39 is 33.1 Å². The van der Waals surface area contributed by atoms with Crippen molar-refractivity contribution in [1.82, 2.24) is 4.98 Å². The van der Waals surface area contributed by atoms with Gasteiger partial charge in [0.25, 0.3) is 0 Å². The molecule has 0 unspecified atom stereocenters. The van der Waals surface area contributed by atoms with Crippen molar-refractivity contribution < 1.29 is 26.0 Å². The molecule has 1 heterocycles. The molecule has 2 aromatic rings. The third kappa shape index (κ3) is 3.27. The predicted octanol–water partition coefficient (Wildman–Crippen LogP) is 3.62. The molecule has 0 aliphatic rings. The molecule has 0 aliphatic carbocycles. The van der Waals surface area contributed by atoms with Crippen LogP contribution < -0.4 is 0 Å². The van der Waals surface area contributed by atoms with E-state index in [1.54, 1.807) is 0 Å². The van der Waals surface area contributed by atoms with Gasteiger partial charge >= 0.3 is 6.18 Å². The number of alkyl halides is 3. The molecule has 0 aliphatic heterocycles. The largest absolute Gasteiger partial charge is 0.433 e. The van der Waals surface area contributed by atoms with Crippen LogP contribution in [0.4, 0.5) is 17.6 Å². The Morgan fingerprint density at radius 2 is 1.77 bits per heavy atom. The van der Waals surface area contributed by atoms with E-state index in [9.17, 15) is 26.0 Å². The summed E-state index contributed by atoms with van der Waals surface area (Å²) in [6.45, 7) is 1.46. The normalized spacial score (nSPS) is 12.5. The molecule has 0 amide bonds. The number of benzene rings is 1. The highest BCUT2D eigenvalue weighted by Crippen LogP contribution is 2.36. The van der Waals surface area contributed by atoms with Gasteiger partial charge in [0.1, 0.15) is 5.82 Å². The monoisotopic (exact) mass is 333 g/mol. The third-order valence-corrected chi connectivity index (χ3v) is 4.27. The summed E-state index contributed by atoms with van der Waals surface area (Å²) >= 11 is 0. The van der Waals surface area contributed by atoms with Crippen molar-refractivity contribution >= 4 is 9.84 Å². The van der Waals surface area contributed by atoms with Gasteiger partial charge in [0.05, 0.1) is 11.1 Å². The summed E-state index contributed by atoms with van der Waals surface area (Å²) in [7, 11) is -3.49. The first-order chi connectivity index (χ1) is 10.00. The standard InChI is InChI=1S/C14H11F4NO2S/c1-8-5-9(3-4-12(8)22(2,20)21)11-6-10(15)7-19-13(11)14(16,17)18/h3-7H,1-2H3. The van der Waals surface area contributed by atoms with Crippen LogP contribution in [0.25, 0.3) is 11.1 Å². The van der Waals surface area contributed by atoms with Crippen LogP contribution in [0.1, 0.15) is 11.3 Å². The molecular weight excluding hydrogens is 322 g/mol. The Bertz CT molecular complexity index is 829. The maximum Gasteiger partial charge on any atom is 0.433 e. The second-order valence-corrected chi connectivity index (χ2v) is 6.78. The van der Waals surface area contributed by atoms with Crippen molar-refractivity contribution in [1.29, 1.82) is 0 Å². The Kier molecular flexibility index (Phi) is 3.99. The molecule has 2 rings (SSSR count). The highest BCUT2D eigenvalue weighted by atomic mass is 32.2. The molecule has 118 valence electrons. The molecule has 0 radical (unpaired) electrons. The number of hydrogen-bond acceptors (Lipinski definition) is 3. The zero-order valence-electron chi connectivity index (χ0n) is 11.6. The van der Waals surface area contributed by atoms with E-state index in [1.165, 1.54) is 25.1 Å². The summed E-state index contributed by atoms with van der Waals surface area (Å²) in [5.41, 5.74) is -1.34. The molecule has 1 aromatic carbocycles. The number of halogens is 4. The summed E-state index contributed by atoms with van der Waals surface area (Å²) in [6.07, 6.45) is -3.25. The van der Waals surface area contributed by atoms with Crippen molar-refractivity contribution in [3.63, 3.8) is 0 Å². The molecule has 8 heteroatoms. The van der Waals surface area contributed by atoms with Gasteiger partial charge in [-0.1, -0.05) is 12.1 Å². The second kappa shape index (κ2) is 5.35. The molecule has 0 spiro atoms. The van der Waals surface area contributed by atoms with Crippen LogP contribution in [-0.4, -0.2) is 19.7 Å². The number of aryl methyl sites for hydroxylation is 1. The topological polar surface area (TPSA) is 47.0 Å². The quantitative estimate of drug-likeness (QED) is 0.789. The number of hydrogen-bond donors (Lipinski definition) is 0. The summed E-state index contributed by atoms with van der Waals surface area (Å²) in [6, 6.07) is 4.40. The molecular formula is C14H11F4NO2S. The fourth-order valence-electron chi connectivity index (χ4n) is 2.12. The summed E-state index contributed by atoms with van der Waals surface area (Å²) in [5, 5.41) is 0. The molecule has 22 heavy (non-hydrogen) atoms. The molecule has 0 N–H and O–H groups in total. The fourth-order valence-corrected chi connectivity index (χ4v) is 3.08. The van der Waals surface area contributed by atoms with E-state index in [0.29, 0.717) is 6.20 Å². The summed E-state index contributed by atoms with van der Waals surface area (Å²) in [4.78, 5) is 3.12. The lowest BCUT2D eigenvalue weighted by Crippen LogP contribution is -2.10. The van der Waals surface area contributed by atoms with Crippen LogP contribution in [0.15, 0.2) is 35.4 Å². The van der Waals surface area contributed by atoms with Crippen LogP contribution in [-0.2, 0) is 16.0 Å². The first kappa shape index (κ1) is 16.4. The van der Waals surface area contributed by atoms with Gasteiger partial charge < -0.3 is 0 Å². The Morgan fingerprint density at radius 3 is 2.27 bits per heavy atom. The minimum Gasteiger partial charge on any atom is -0.248 e. The molecule has 0 atom stereocenters. The van der Waals surface area contributed by atoms with Crippen LogP contribution >= 0.6 is 0 Å². The number of pyridine rings is 1. The van der Waals surface area contributed by atoms with Gasteiger partial charge in [0.2, 0.25) is 0 Å². The maximum absolute atomic E-state index is 13.3. The van der Waals surface area contributed by atoms with E-state index in [4.69, 9.17) is 0 Å². The number of aromatic nitrogens is 1. The maximum atomic E-state index is 13.3. The zero-order chi connectivity index (χ0) is 16.7. The number of sulfone groups is 1. The summed E-state index contributed by atoms with van der Waals surface area (Å²) in [5.74, 6) is -0.909. The molecule has 1 aromatic heterocycles. The average molecular weight is 333 g/mol. The Morgan fingerprint density at radius 1 is 1.14 bits per heavy atom. The minimum atomic E-state index is -4.74. The van der Waals surface area contributed by atoms with Gasteiger partial charge in [-0.25, -0.2) is 17.8 Å². The van der Waals surface area contributed by atoms with Crippen LogP contribution in [0.2, 0.25) is 0 Å². The van der Waals surface area contributed by atoms with Crippen LogP contribution in [0.5, 0.6) is 0 Å². The highest BCUT2D eigenvalue weighted by molar-refractivity contribution is 7.90. The summed E-state index contributed by atoms with van der Waals surface area (Å²) < 4.78 is 75.2. The van der Waals surface area contributed by atoms with E-state index in [-0.39, 0.29) is 16.0 Å². The van der Waals surface area contributed by atoms with Gasteiger partial charge in [-0.15, -0.1) is 0 Å². The van der Waals surface area contributed by atoms with Gasteiger partial charge in [-0.05, 0) is 30.2 Å². The lowest BCUT2D eigenvalue weighted by atomic mass is 10.0. The number of nitrogens with zero attached hydrogens (tertiary/aromatic N) is 1. The van der Waals surface area contributed by atoms with Gasteiger partial charge in [0.15, 0.2) is 15.5 Å².